The van der Waals surface area contributed by atoms with E-state index in [1.54, 1.807) is 0 Å². The third kappa shape index (κ3) is 1.15. The van der Waals surface area contributed by atoms with Crippen molar-refractivity contribution in [2.45, 2.75) is 37.1 Å². The van der Waals surface area contributed by atoms with Crippen LogP contribution in [0.1, 0.15) is 25.7 Å². The Hall–Kier alpha value is -0.220. The van der Waals surface area contributed by atoms with Gasteiger partial charge in [-0.05, 0) is 12.8 Å². The first-order valence-corrected chi connectivity index (χ1v) is 5.90. The van der Waals surface area contributed by atoms with Gasteiger partial charge in [0.1, 0.15) is 0 Å². The molecule has 1 aliphatic heterocycles. The summed E-state index contributed by atoms with van der Waals surface area (Å²) in [5, 5.41) is 0. The highest BCUT2D eigenvalue weighted by molar-refractivity contribution is 5.27. The van der Waals surface area contributed by atoms with Gasteiger partial charge in [0.25, 0.3) is 5.92 Å². The molecule has 4 heteroatoms. The molecule has 0 amide bonds. The zero-order chi connectivity index (χ0) is 10.5. The zero-order valence-corrected chi connectivity index (χ0v) is 8.85. The Balaban J connectivity index is 1.82. The van der Waals surface area contributed by atoms with E-state index < -0.39 is 11.5 Å². The average Bonchev–Trinajstić information content (AvgIpc) is 2.80. The number of hydrogen-bond acceptors (Lipinski definition) is 2. The molecule has 3 fully saturated rings. The van der Waals surface area contributed by atoms with E-state index in [1.807, 2.05) is 4.90 Å². The largest absolute Gasteiger partial charge is 0.379 e. The van der Waals surface area contributed by atoms with Crippen molar-refractivity contribution in [1.29, 1.82) is 0 Å². The van der Waals surface area contributed by atoms with Gasteiger partial charge in [-0.3, -0.25) is 4.90 Å². The highest BCUT2D eigenvalue weighted by Gasteiger charge is 2.82. The van der Waals surface area contributed by atoms with Crippen molar-refractivity contribution in [2.24, 2.45) is 5.92 Å². The van der Waals surface area contributed by atoms with E-state index in [2.05, 4.69) is 0 Å². The van der Waals surface area contributed by atoms with Crippen LogP contribution in [0.25, 0.3) is 0 Å². The second kappa shape index (κ2) is 3.14. The lowest BCUT2D eigenvalue weighted by Crippen LogP contribution is -2.49. The molecule has 0 radical (unpaired) electrons. The molecule has 86 valence electrons. The lowest BCUT2D eigenvalue weighted by molar-refractivity contribution is -0.0370. The molecule has 0 aromatic heterocycles. The minimum absolute atomic E-state index is 0.364. The van der Waals surface area contributed by atoms with Gasteiger partial charge in [-0.1, -0.05) is 12.8 Å². The highest BCUT2D eigenvalue weighted by atomic mass is 19.3. The molecule has 0 N–H and O–H groups in total. The molecule has 2 aliphatic carbocycles. The van der Waals surface area contributed by atoms with Crippen LogP contribution < -0.4 is 0 Å². The fourth-order valence-corrected chi connectivity index (χ4v) is 3.57. The summed E-state index contributed by atoms with van der Waals surface area (Å²) in [6.07, 6.45) is 3.34. The van der Waals surface area contributed by atoms with Gasteiger partial charge < -0.3 is 4.74 Å². The van der Waals surface area contributed by atoms with Crippen LogP contribution in [0, 0.1) is 5.92 Å². The Bertz CT molecular complexity index is 265. The number of alkyl halides is 2. The maximum atomic E-state index is 13.9. The van der Waals surface area contributed by atoms with Crippen LogP contribution in [0.3, 0.4) is 0 Å². The van der Waals surface area contributed by atoms with E-state index in [1.165, 1.54) is 0 Å². The molecule has 0 aromatic carbocycles. The van der Waals surface area contributed by atoms with Crippen molar-refractivity contribution in [3.63, 3.8) is 0 Å². The maximum absolute atomic E-state index is 13.9. The Kier molecular flexibility index (Phi) is 2.09. The molecule has 1 saturated heterocycles. The summed E-state index contributed by atoms with van der Waals surface area (Å²) >= 11 is 0. The first kappa shape index (κ1) is 9.97. The minimum Gasteiger partial charge on any atom is -0.379 e. The summed E-state index contributed by atoms with van der Waals surface area (Å²) in [5.74, 6) is -2.79. The Morgan fingerprint density at radius 2 is 1.87 bits per heavy atom. The van der Waals surface area contributed by atoms with Crippen LogP contribution in [-0.4, -0.2) is 42.7 Å². The molecule has 1 heterocycles. The molecule has 15 heavy (non-hydrogen) atoms. The Labute approximate surface area is 88.6 Å². The smallest absolute Gasteiger partial charge is 0.271 e. The van der Waals surface area contributed by atoms with E-state index in [9.17, 15) is 8.78 Å². The lowest BCUT2D eigenvalue weighted by Gasteiger charge is -2.36. The van der Waals surface area contributed by atoms with Crippen molar-refractivity contribution in [1.82, 2.24) is 4.90 Å². The fourth-order valence-electron chi connectivity index (χ4n) is 3.57. The van der Waals surface area contributed by atoms with Crippen LogP contribution in [0.2, 0.25) is 0 Å². The molecule has 2 nitrogen and oxygen atoms in total. The molecular weight excluding hydrogens is 200 g/mol. The summed E-state index contributed by atoms with van der Waals surface area (Å²) in [6, 6.07) is 0. The zero-order valence-electron chi connectivity index (χ0n) is 8.85. The highest BCUT2D eigenvalue weighted by Crippen LogP contribution is 2.68. The first-order valence-electron chi connectivity index (χ1n) is 5.90. The van der Waals surface area contributed by atoms with Crippen LogP contribution in [-0.2, 0) is 4.74 Å². The second-order valence-electron chi connectivity index (χ2n) is 4.95. The number of rotatable bonds is 1. The Morgan fingerprint density at radius 3 is 2.53 bits per heavy atom. The van der Waals surface area contributed by atoms with Crippen molar-refractivity contribution in [3.05, 3.63) is 0 Å². The molecule has 3 aliphatic rings. The maximum Gasteiger partial charge on any atom is 0.271 e. The Morgan fingerprint density at radius 1 is 1.13 bits per heavy atom. The third-order valence-corrected chi connectivity index (χ3v) is 4.38. The number of halogens is 2. The number of morpholine rings is 1. The molecular formula is C11H17F2NO. The van der Waals surface area contributed by atoms with Gasteiger partial charge in [-0.2, -0.15) is 0 Å². The van der Waals surface area contributed by atoms with Gasteiger partial charge >= 0.3 is 0 Å². The van der Waals surface area contributed by atoms with Crippen molar-refractivity contribution in [2.75, 3.05) is 26.3 Å². The fraction of sp³-hybridized carbons (Fsp3) is 1.00. The van der Waals surface area contributed by atoms with Gasteiger partial charge in [0.05, 0.1) is 18.8 Å². The molecule has 2 atom stereocenters. The van der Waals surface area contributed by atoms with Crippen LogP contribution >= 0.6 is 0 Å². The summed E-state index contributed by atoms with van der Waals surface area (Å²) in [5.41, 5.74) is -0.769. The standard InChI is InChI=1S/C11H17F2NO/c12-11(13)9-3-1-2-4-10(9,11)14-5-7-15-8-6-14/h9H,1-8H2/t9-,10-/m1/s1. The normalized spacial score (nSPS) is 44.8. The van der Waals surface area contributed by atoms with Gasteiger partial charge in [0.2, 0.25) is 0 Å². The molecule has 2 saturated carbocycles. The van der Waals surface area contributed by atoms with Gasteiger partial charge in [-0.15, -0.1) is 0 Å². The summed E-state index contributed by atoms with van der Waals surface area (Å²) in [7, 11) is 0. The third-order valence-electron chi connectivity index (χ3n) is 4.38. The summed E-state index contributed by atoms with van der Waals surface area (Å²) in [4.78, 5) is 2.00. The van der Waals surface area contributed by atoms with E-state index in [4.69, 9.17) is 4.74 Å². The van der Waals surface area contributed by atoms with Crippen molar-refractivity contribution >= 4 is 0 Å². The summed E-state index contributed by atoms with van der Waals surface area (Å²) in [6.45, 7) is 2.60. The number of nitrogens with zero attached hydrogens (tertiary/aromatic N) is 1. The topological polar surface area (TPSA) is 12.5 Å². The molecule has 0 bridgehead atoms. The minimum atomic E-state index is -2.43. The number of hydrogen-bond donors (Lipinski definition) is 0. The molecule has 0 spiro atoms. The average molecular weight is 217 g/mol. The van der Waals surface area contributed by atoms with Crippen LogP contribution in [0.15, 0.2) is 0 Å². The van der Waals surface area contributed by atoms with Gasteiger partial charge in [-0.25, -0.2) is 8.78 Å². The van der Waals surface area contributed by atoms with Crippen molar-refractivity contribution < 1.29 is 13.5 Å². The lowest BCUT2D eigenvalue weighted by atomic mass is 9.93. The van der Waals surface area contributed by atoms with E-state index in [0.717, 1.165) is 12.8 Å². The molecule has 3 rings (SSSR count). The van der Waals surface area contributed by atoms with E-state index in [-0.39, 0.29) is 5.92 Å². The monoisotopic (exact) mass is 217 g/mol. The predicted octanol–water partition coefficient (Wildman–Crippen LogP) is 1.90. The van der Waals surface area contributed by atoms with Crippen molar-refractivity contribution in [3.8, 4) is 0 Å². The van der Waals surface area contributed by atoms with Crippen LogP contribution in [0.5, 0.6) is 0 Å². The van der Waals surface area contributed by atoms with E-state index in [0.29, 0.717) is 39.1 Å². The molecule has 0 unspecified atom stereocenters. The van der Waals surface area contributed by atoms with Gasteiger partial charge in [0, 0.05) is 19.0 Å². The predicted molar refractivity (Wildman–Crippen MR) is 52.0 cm³/mol. The van der Waals surface area contributed by atoms with E-state index >= 15 is 0 Å². The van der Waals surface area contributed by atoms with Crippen LogP contribution in [0.4, 0.5) is 8.78 Å². The SMILES string of the molecule is FC1(F)[C@@H]2CCCC[C@@]21N1CCOCC1. The number of fused-ring (bicyclic) bond motifs is 1. The van der Waals surface area contributed by atoms with Gasteiger partial charge in [0.15, 0.2) is 0 Å². The second-order valence-corrected chi connectivity index (χ2v) is 4.95. The first-order chi connectivity index (χ1) is 7.19. The molecule has 0 aromatic rings. The quantitative estimate of drug-likeness (QED) is 0.665. The number of ether oxygens (including phenoxy) is 1. The summed E-state index contributed by atoms with van der Waals surface area (Å²) < 4.78 is 33.0.